The summed E-state index contributed by atoms with van der Waals surface area (Å²) in [5.41, 5.74) is 3.53. The predicted octanol–water partition coefficient (Wildman–Crippen LogP) is 5.11. The van der Waals surface area contributed by atoms with E-state index in [9.17, 15) is 4.79 Å². The summed E-state index contributed by atoms with van der Waals surface area (Å²) in [6, 6.07) is 26.3. The van der Waals surface area contributed by atoms with Crippen LogP contribution in [0.15, 0.2) is 84.9 Å². The molecule has 1 unspecified atom stereocenters. The van der Waals surface area contributed by atoms with Gasteiger partial charge in [0.2, 0.25) is 23.8 Å². The molecular formula is C25H25N7O. The quantitative estimate of drug-likeness (QED) is 0.303. The molecule has 0 saturated heterocycles. The summed E-state index contributed by atoms with van der Waals surface area (Å²) in [5, 5.41) is 12.3. The maximum Gasteiger partial charge on any atom is 0.246 e. The first-order chi connectivity index (χ1) is 16.0. The molecule has 3 aromatic carbocycles. The number of hydrogen-bond acceptors (Lipinski definition) is 7. The number of aromatic nitrogens is 3. The van der Waals surface area contributed by atoms with E-state index in [0.717, 1.165) is 22.6 Å². The Morgan fingerprint density at radius 2 is 1.15 bits per heavy atom. The molecule has 33 heavy (non-hydrogen) atoms. The van der Waals surface area contributed by atoms with Gasteiger partial charge in [-0.15, -0.1) is 0 Å². The van der Waals surface area contributed by atoms with Crippen LogP contribution in [0.3, 0.4) is 0 Å². The van der Waals surface area contributed by atoms with Crippen molar-refractivity contribution in [2.75, 3.05) is 21.3 Å². The lowest BCUT2D eigenvalue weighted by molar-refractivity contribution is -0.116. The smallest absolute Gasteiger partial charge is 0.246 e. The van der Waals surface area contributed by atoms with E-state index in [4.69, 9.17) is 0 Å². The number of rotatable bonds is 8. The van der Waals surface area contributed by atoms with E-state index < -0.39 is 6.04 Å². The third-order valence-electron chi connectivity index (χ3n) is 4.75. The van der Waals surface area contributed by atoms with Crippen LogP contribution in [0.5, 0.6) is 0 Å². The van der Waals surface area contributed by atoms with Crippen molar-refractivity contribution in [2.24, 2.45) is 0 Å². The van der Waals surface area contributed by atoms with Crippen molar-refractivity contribution in [1.82, 2.24) is 15.0 Å². The minimum atomic E-state index is -0.581. The minimum Gasteiger partial charge on any atom is -0.342 e. The molecule has 8 nitrogen and oxygen atoms in total. The topological polar surface area (TPSA) is 104 Å². The highest BCUT2D eigenvalue weighted by molar-refractivity contribution is 5.96. The Morgan fingerprint density at radius 3 is 1.67 bits per heavy atom. The van der Waals surface area contributed by atoms with Gasteiger partial charge in [-0.25, -0.2) is 0 Å². The van der Waals surface area contributed by atoms with Gasteiger partial charge >= 0.3 is 0 Å². The molecule has 0 aliphatic carbocycles. The second-order valence-electron chi connectivity index (χ2n) is 7.51. The number of para-hydroxylation sites is 2. The zero-order chi connectivity index (χ0) is 23.0. The van der Waals surface area contributed by atoms with Crippen LogP contribution in [-0.4, -0.2) is 26.9 Å². The molecule has 4 N–H and O–H groups in total. The van der Waals surface area contributed by atoms with Crippen molar-refractivity contribution >= 4 is 40.8 Å². The van der Waals surface area contributed by atoms with Gasteiger partial charge in [0.25, 0.3) is 0 Å². The molecule has 4 rings (SSSR count). The van der Waals surface area contributed by atoms with Gasteiger partial charge in [-0.05, 0) is 50.2 Å². The normalized spacial score (nSPS) is 11.3. The van der Waals surface area contributed by atoms with Crippen LogP contribution in [0.2, 0.25) is 0 Å². The van der Waals surface area contributed by atoms with Crippen molar-refractivity contribution in [3.8, 4) is 0 Å². The van der Waals surface area contributed by atoms with Gasteiger partial charge in [0.15, 0.2) is 0 Å². The Labute approximate surface area is 192 Å². The molecule has 4 aromatic rings. The van der Waals surface area contributed by atoms with Crippen molar-refractivity contribution in [2.45, 2.75) is 19.9 Å². The summed E-state index contributed by atoms with van der Waals surface area (Å²) in [5.74, 6) is 0.773. The standard InChI is InChI=1S/C25H25N7O/c1-17-13-15-21(16-14-17)27-22(33)18(2)26-23-30-24(28-19-9-5-3-6-10-19)32-25(31-23)29-20-11-7-4-8-12-20/h3-16,18H,1-2H3,(H,27,33)(H3,26,28,29,30,31,32). The number of aryl methyl sites for hydroxylation is 1. The molecule has 0 spiro atoms. The van der Waals surface area contributed by atoms with E-state index in [-0.39, 0.29) is 11.9 Å². The van der Waals surface area contributed by atoms with E-state index >= 15 is 0 Å². The number of amides is 1. The first kappa shape index (κ1) is 21.8. The Morgan fingerprint density at radius 1 is 0.667 bits per heavy atom. The maximum absolute atomic E-state index is 12.7. The summed E-state index contributed by atoms with van der Waals surface area (Å²) in [6.07, 6.45) is 0. The first-order valence-electron chi connectivity index (χ1n) is 10.6. The van der Waals surface area contributed by atoms with E-state index in [1.54, 1.807) is 6.92 Å². The fraction of sp³-hybridized carbons (Fsp3) is 0.120. The highest BCUT2D eigenvalue weighted by atomic mass is 16.2. The third-order valence-corrected chi connectivity index (χ3v) is 4.75. The molecule has 0 aliphatic heterocycles. The minimum absolute atomic E-state index is 0.200. The van der Waals surface area contributed by atoms with Gasteiger partial charge in [0, 0.05) is 17.1 Å². The molecule has 0 aliphatic rings. The van der Waals surface area contributed by atoms with Crippen molar-refractivity contribution in [3.05, 3.63) is 90.5 Å². The van der Waals surface area contributed by atoms with Crippen LogP contribution in [0.4, 0.5) is 34.9 Å². The third kappa shape index (κ3) is 6.27. The van der Waals surface area contributed by atoms with E-state index in [0.29, 0.717) is 11.9 Å². The zero-order valence-electron chi connectivity index (χ0n) is 18.4. The van der Waals surface area contributed by atoms with E-state index in [1.807, 2.05) is 91.9 Å². The van der Waals surface area contributed by atoms with Gasteiger partial charge in [-0.2, -0.15) is 15.0 Å². The highest BCUT2D eigenvalue weighted by Gasteiger charge is 2.16. The van der Waals surface area contributed by atoms with Crippen LogP contribution in [0.25, 0.3) is 0 Å². The van der Waals surface area contributed by atoms with Crippen molar-refractivity contribution in [3.63, 3.8) is 0 Å². The van der Waals surface area contributed by atoms with Crippen LogP contribution in [0.1, 0.15) is 12.5 Å². The molecule has 0 saturated carbocycles. The highest BCUT2D eigenvalue weighted by Crippen LogP contribution is 2.19. The number of carbonyl (C=O) groups excluding carboxylic acids is 1. The fourth-order valence-corrected chi connectivity index (χ4v) is 3.00. The fourth-order valence-electron chi connectivity index (χ4n) is 3.00. The second-order valence-corrected chi connectivity index (χ2v) is 7.51. The Balaban J connectivity index is 1.53. The molecule has 0 radical (unpaired) electrons. The SMILES string of the molecule is Cc1ccc(NC(=O)C(C)Nc2nc(Nc3ccccc3)nc(Nc3ccccc3)n2)cc1. The first-order valence-corrected chi connectivity index (χ1v) is 10.6. The van der Waals surface area contributed by atoms with Crippen molar-refractivity contribution in [1.29, 1.82) is 0 Å². The maximum atomic E-state index is 12.7. The molecule has 0 fully saturated rings. The van der Waals surface area contributed by atoms with E-state index in [1.165, 1.54) is 0 Å². The lowest BCUT2D eigenvalue weighted by atomic mass is 10.2. The Kier molecular flexibility index (Phi) is 6.75. The monoisotopic (exact) mass is 439 g/mol. The number of anilines is 6. The largest absolute Gasteiger partial charge is 0.342 e. The average Bonchev–Trinajstić information content (AvgIpc) is 2.82. The molecule has 1 amide bonds. The summed E-state index contributed by atoms with van der Waals surface area (Å²) in [6.45, 7) is 3.75. The number of hydrogen-bond donors (Lipinski definition) is 4. The molecular weight excluding hydrogens is 414 g/mol. The number of nitrogens with one attached hydrogen (secondary N) is 4. The lowest BCUT2D eigenvalue weighted by Crippen LogP contribution is -2.32. The lowest BCUT2D eigenvalue weighted by Gasteiger charge is -2.16. The number of carbonyl (C=O) groups is 1. The van der Waals surface area contributed by atoms with Crippen LogP contribution < -0.4 is 21.3 Å². The molecule has 1 heterocycles. The molecule has 1 atom stereocenters. The van der Waals surface area contributed by atoms with Gasteiger partial charge in [0.05, 0.1) is 0 Å². The van der Waals surface area contributed by atoms with Crippen LogP contribution in [0, 0.1) is 6.92 Å². The van der Waals surface area contributed by atoms with Crippen molar-refractivity contribution < 1.29 is 4.79 Å². The average molecular weight is 440 g/mol. The van der Waals surface area contributed by atoms with Gasteiger partial charge in [0.1, 0.15) is 6.04 Å². The molecule has 0 bridgehead atoms. The second kappa shape index (κ2) is 10.2. The van der Waals surface area contributed by atoms with Gasteiger partial charge < -0.3 is 21.3 Å². The molecule has 8 heteroatoms. The Bertz CT molecular complexity index is 1140. The summed E-state index contributed by atoms with van der Waals surface area (Å²) >= 11 is 0. The van der Waals surface area contributed by atoms with Gasteiger partial charge in [-0.1, -0.05) is 54.1 Å². The Hall–Kier alpha value is -4.46. The van der Waals surface area contributed by atoms with E-state index in [2.05, 4.69) is 36.2 Å². The predicted molar refractivity (Wildman–Crippen MR) is 132 cm³/mol. The van der Waals surface area contributed by atoms with Gasteiger partial charge in [-0.3, -0.25) is 4.79 Å². The summed E-state index contributed by atoms with van der Waals surface area (Å²) in [7, 11) is 0. The van der Waals surface area contributed by atoms with Crippen LogP contribution >= 0.6 is 0 Å². The summed E-state index contributed by atoms with van der Waals surface area (Å²) in [4.78, 5) is 26.0. The van der Waals surface area contributed by atoms with Crippen LogP contribution in [-0.2, 0) is 4.79 Å². The molecule has 166 valence electrons. The number of nitrogens with zero attached hydrogens (tertiary/aromatic N) is 3. The molecule has 1 aromatic heterocycles. The number of benzene rings is 3. The summed E-state index contributed by atoms with van der Waals surface area (Å²) < 4.78 is 0. The zero-order valence-corrected chi connectivity index (χ0v) is 18.4.